The van der Waals surface area contributed by atoms with Crippen molar-refractivity contribution in [3.8, 4) is 5.75 Å². The second-order valence-electron chi connectivity index (χ2n) is 6.84. The molecule has 0 unspecified atom stereocenters. The molecule has 1 aliphatic heterocycles. The molecule has 164 valence electrons. The van der Waals surface area contributed by atoms with Crippen LogP contribution in [0.1, 0.15) is 24.2 Å². The van der Waals surface area contributed by atoms with Crippen molar-refractivity contribution in [3.05, 3.63) is 22.2 Å². The molecule has 0 saturated carbocycles. The van der Waals surface area contributed by atoms with Gasteiger partial charge in [0.1, 0.15) is 23.3 Å². The van der Waals surface area contributed by atoms with Gasteiger partial charge in [-0.3, -0.25) is 9.69 Å². The Bertz CT molecular complexity index is 912. The lowest BCUT2D eigenvalue weighted by Crippen LogP contribution is -2.42. The molecule has 1 atom stereocenters. The molecule has 0 bridgehead atoms. The van der Waals surface area contributed by atoms with Crippen molar-refractivity contribution in [2.75, 3.05) is 51.4 Å². The minimum atomic E-state index is -0.676. The van der Waals surface area contributed by atoms with E-state index in [0.29, 0.717) is 50.6 Å². The highest BCUT2D eigenvalue weighted by molar-refractivity contribution is 9.10. The van der Waals surface area contributed by atoms with Gasteiger partial charge in [-0.15, -0.1) is 11.3 Å². The lowest BCUT2D eigenvalue weighted by atomic mass is 10.1. The number of halogens is 1. The van der Waals surface area contributed by atoms with Gasteiger partial charge in [-0.05, 0) is 28.9 Å². The Morgan fingerprint density at radius 1 is 1.37 bits per heavy atom. The number of aliphatic hydroxyl groups excluding tert-OH is 1. The number of β-amino-alcohol motifs (C(OH)–C–C–N with tert-alkyl or cyclic N) is 1. The smallest absolute Gasteiger partial charge is 0.341 e. The van der Waals surface area contributed by atoms with E-state index >= 15 is 0 Å². The van der Waals surface area contributed by atoms with E-state index in [-0.39, 0.29) is 19.1 Å². The quantitative estimate of drug-likeness (QED) is 0.537. The standard InChI is InChI=1S/C20H25BrN2O6S/c1-3-28-20(26)16-14-4-5-15(21)17(18(14)30-19(16)22-12(2)24)29-11-13(25)10-23-6-8-27-9-7-23/h4-5,13,25H,3,6-11H2,1-2H3,(H,22,24)/t13-/m0/s1. The van der Waals surface area contributed by atoms with E-state index in [9.17, 15) is 14.7 Å². The molecule has 1 aromatic carbocycles. The first kappa shape index (κ1) is 23.0. The second-order valence-corrected chi connectivity index (χ2v) is 8.71. The second kappa shape index (κ2) is 10.5. The summed E-state index contributed by atoms with van der Waals surface area (Å²) in [5.41, 5.74) is 0.304. The van der Waals surface area contributed by atoms with Crippen LogP contribution in [0, 0.1) is 0 Å². The van der Waals surface area contributed by atoms with Crippen molar-refractivity contribution < 1.29 is 28.9 Å². The maximum Gasteiger partial charge on any atom is 0.341 e. The maximum absolute atomic E-state index is 12.5. The van der Waals surface area contributed by atoms with Crippen LogP contribution in [0.3, 0.4) is 0 Å². The number of benzene rings is 1. The van der Waals surface area contributed by atoms with E-state index in [1.165, 1.54) is 18.3 Å². The van der Waals surface area contributed by atoms with E-state index in [4.69, 9.17) is 14.2 Å². The first-order valence-corrected chi connectivity index (χ1v) is 11.3. The number of carbonyl (C=O) groups is 2. The van der Waals surface area contributed by atoms with Crippen molar-refractivity contribution in [3.63, 3.8) is 0 Å². The Kier molecular flexibility index (Phi) is 8.06. The van der Waals surface area contributed by atoms with Gasteiger partial charge in [-0.2, -0.15) is 0 Å². The molecule has 8 nitrogen and oxygen atoms in total. The molecule has 3 rings (SSSR count). The highest BCUT2D eigenvalue weighted by atomic mass is 79.9. The van der Waals surface area contributed by atoms with Gasteiger partial charge in [-0.1, -0.05) is 6.07 Å². The Morgan fingerprint density at radius 3 is 2.77 bits per heavy atom. The predicted octanol–water partition coefficient (Wildman–Crippen LogP) is 2.87. The minimum absolute atomic E-state index is 0.0944. The van der Waals surface area contributed by atoms with E-state index in [1.807, 2.05) is 0 Å². The van der Waals surface area contributed by atoms with Gasteiger partial charge in [0.2, 0.25) is 5.91 Å². The van der Waals surface area contributed by atoms with Gasteiger partial charge in [0, 0.05) is 31.9 Å². The van der Waals surface area contributed by atoms with Crippen molar-refractivity contribution in [2.45, 2.75) is 20.0 Å². The summed E-state index contributed by atoms with van der Waals surface area (Å²) >= 11 is 4.73. The van der Waals surface area contributed by atoms with Crippen LogP contribution in [-0.4, -0.2) is 74.0 Å². The number of anilines is 1. The number of fused-ring (bicyclic) bond motifs is 1. The number of carbonyl (C=O) groups excluding carboxylic acids is 2. The highest BCUT2D eigenvalue weighted by Crippen LogP contribution is 2.44. The monoisotopic (exact) mass is 500 g/mol. The predicted molar refractivity (Wildman–Crippen MR) is 119 cm³/mol. The first-order valence-electron chi connectivity index (χ1n) is 9.71. The number of thiophene rings is 1. The average molecular weight is 501 g/mol. The number of esters is 1. The number of hydrogen-bond acceptors (Lipinski definition) is 8. The van der Waals surface area contributed by atoms with Gasteiger partial charge >= 0.3 is 5.97 Å². The molecule has 1 saturated heterocycles. The number of nitrogens with zero attached hydrogens (tertiary/aromatic N) is 1. The Labute approximate surface area is 187 Å². The molecule has 1 fully saturated rings. The summed E-state index contributed by atoms with van der Waals surface area (Å²) in [6.45, 7) is 6.81. The Balaban J connectivity index is 1.85. The highest BCUT2D eigenvalue weighted by Gasteiger charge is 2.25. The molecule has 10 heteroatoms. The van der Waals surface area contributed by atoms with Crippen LogP contribution in [0.4, 0.5) is 5.00 Å². The molecule has 2 N–H and O–H groups in total. The molecule has 1 amide bonds. The Morgan fingerprint density at radius 2 is 2.10 bits per heavy atom. The number of morpholine rings is 1. The summed E-state index contributed by atoms with van der Waals surface area (Å²) in [6.07, 6.45) is -0.676. The summed E-state index contributed by atoms with van der Waals surface area (Å²) in [5.74, 6) is -0.275. The van der Waals surface area contributed by atoms with E-state index < -0.39 is 12.1 Å². The third-order valence-corrected chi connectivity index (χ3v) is 6.27. The van der Waals surface area contributed by atoms with Crippen LogP contribution in [0.15, 0.2) is 16.6 Å². The normalized spacial score (nSPS) is 15.7. The van der Waals surface area contributed by atoms with Crippen LogP contribution in [0.5, 0.6) is 5.75 Å². The van der Waals surface area contributed by atoms with Crippen molar-refractivity contribution in [1.82, 2.24) is 4.90 Å². The first-order chi connectivity index (χ1) is 14.4. The zero-order valence-corrected chi connectivity index (χ0v) is 19.3. The van der Waals surface area contributed by atoms with Crippen LogP contribution >= 0.6 is 27.3 Å². The summed E-state index contributed by atoms with van der Waals surface area (Å²) in [4.78, 5) is 26.3. The maximum atomic E-state index is 12.5. The van der Waals surface area contributed by atoms with Crippen LogP contribution in [0.25, 0.3) is 10.1 Å². The lowest BCUT2D eigenvalue weighted by Gasteiger charge is -2.28. The number of amides is 1. The number of nitrogens with one attached hydrogen (secondary N) is 1. The molecule has 2 heterocycles. The number of hydrogen-bond donors (Lipinski definition) is 2. The molecular weight excluding hydrogens is 476 g/mol. The minimum Gasteiger partial charge on any atom is -0.488 e. The molecule has 30 heavy (non-hydrogen) atoms. The largest absolute Gasteiger partial charge is 0.488 e. The number of aliphatic hydroxyl groups is 1. The van der Waals surface area contributed by atoms with Crippen molar-refractivity contribution in [1.29, 1.82) is 0 Å². The van der Waals surface area contributed by atoms with Crippen LogP contribution in [0.2, 0.25) is 0 Å². The molecule has 0 radical (unpaired) electrons. The molecule has 2 aromatic rings. The Hall–Kier alpha value is -1.72. The summed E-state index contributed by atoms with van der Waals surface area (Å²) in [5, 5.41) is 14.2. The molecule has 0 aliphatic carbocycles. The van der Waals surface area contributed by atoms with E-state index in [0.717, 1.165) is 13.1 Å². The summed E-state index contributed by atoms with van der Waals surface area (Å²) in [7, 11) is 0. The fourth-order valence-electron chi connectivity index (χ4n) is 3.21. The van der Waals surface area contributed by atoms with E-state index in [2.05, 4.69) is 26.1 Å². The van der Waals surface area contributed by atoms with Gasteiger partial charge < -0.3 is 24.6 Å². The summed E-state index contributed by atoms with van der Waals surface area (Å²) < 4.78 is 17.8. The lowest BCUT2D eigenvalue weighted by molar-refractivity contribution is -0.114. The molecular formula is C20H25BrN2O6S. The van der Waals surface area contributed by atoms with Crippen LogP contribution < -0.4 is 10.1 Å². The van der Waals surface area contributed by atoms with Gasteiger partial charge in [-0.25, -0.2) is 4.79 Å². The van der Waals surface area contributed by atoms with Crippen molar-refractivity contribution in [2.24, 2.45) is 0 Å². The van der Waals surface area contributed by atoms with Crippen molar-refractivity contribution >= 4 is 54.2 Å². The molecule has 1 aromatic heterocycles. The summed E-state index contributed by atoms with van der Waals surface area (Å²) in [6, 6.07) is 3.56. The van der Waals surface area contributed by atoms with Crippen LogP contribution in [-0.2, 0) is 14.3 Å². The molecule has 0 spiro atoms. The average Bonchev–Trinajstić information content (AvgIpc) is 3.05. The fourth-order valence-corrected chi connectivity index (χ4v) is 5.03. The zero-order valence-electron chi connectivity index (χ0n) is 16.9. The van der Waals surface area contributed by atoms with E-state index in [1.54, 1.807) is 19.1 Å². The topological polar surface area (TPSA) is 97.3 Å². The third kappa shape index (κ3) is 5.50. The molecule has 1 aliphatic rings. The van der Waals surface area contributed by atoms with Gasteiger partial charge in [0.25, 0.3) is 0 Å². The fraction of sp³-hybridized carbons (Fsp3) is 0.500. The SMILES string of the molecule is CCOC(=O)c1c(NC(C)=O)sc2c(OC[C@@H](O)CN3CCOCC3)c(Br)ccc12. The third-order valence-electron chi connectivity index (χ3n) is 4.53. The van der Waals surface area contributed by atoms with Gasteiger partial charge in [0.05, 0.1) is 29.0 Å². The van der Waals surface area contributed by atoms with Gasteiger partial charge in [0.15, 0.2) is 5.75 Å². The number of ether oxygens (including phenoxy) is 3. The zero-order chi connectivity index (χ0) is 21.7. The number of rotatable bonds is 8.